The van der Waals surface area contributed by atoms with Gasteiger partial charge in [-0.3, -0.25) is 4.68 Å². The van der Waals surface area contributed by atoms with Crippen molar-refractivity contribution in [2.24, 2.45) is 7.05 Å². The molecule has 16 heavy (non-hydrogen) atoms. The Bertz CT molecular complexity index is 512. The summed E-state index contributed by atoms with van der Waals surface area (Å²) in [6.07, 6.45) is 2.41. The van der Waals surface area contributed by atoms with Gasteiger partial charge in [0.2, 0.25) is 0 Å². The number of hydrogen-bond donors (Lipinski definition) is 1. The van der Waals surface area contributed by atoms with E-state index < -0.39 is 6.10 Å². The van der Waals surface area contributed by atoms with Crippen molar-refractivity contribution < 1.29 is 9.50 Å². The molecule has 0 aliphatic carbocycles. The van der Waals surface area contributed by atoms with Gasteiger partial charge in [-0.05, 0) is 33.6 Å². The van der Waals surface area contributed by atoms with Gasteiger partial charge in [0.25, 0.3) is 0 Å². The molecule has 0 amide bonds. The van der Waals surface area contributed by atoms with E-state index in [1.807, 2.05) is 0 Å². The van der Waals surface area contributed by atoms with Crippen molar-refractivity contribution in [1.82, 2.24) is 9.78 Å². The lowest BCUT2D eigenvalue weighted by atomic mass is 10.0. The molecule has 1 aromatic heterocycles. The molecule has 1 aromatic carbocycles. The van der Waals surface area contributed by atoms with Crippen LogP contribution in [-0.2, 0) is 7.05 Å². The molecular formula is C11H10BrFN2O. The van der Waals surface area contributed by atoms with E-state index >= 15 is 0 Å². The summed E-state index contributed by atoms with van der Waals surface area (Å²) < 4.78 is 15.3. The van der Waals surface area contributed by atoms with Crippen LogP contribution in [0.25, 0.3) is 0 Å². The van der Waals surface area contributed by atoms with E-state index in [2.05, 4.69) is 21.0 Å². The second kappa shape index (κ2) is 4.35. The van der Waals surface area contributed by atoms with Crippen LogP contribution in [-0.4, -0.2) is 14.9 Å². The van der Waals surface area contributed by atoms with Crippen molar-refractivity contribution in [1.29, 1.82) is 0 Å². The number of rotatable bonds is 2. The maximum absolute atomic E-state index is 13.3. The maximum atomic E-state index is 13.3. The lowest BCUT2D eigenvalue weighted by Gasteiger charge is -2.09. The Hall–Kier alpha value is -1.20. The molecule has 3 nitrogen and oxygen atoms in total. The lowest BCUT2D eigenvalue weighted by molar-refractivity contribution is 0.219. The highest BCUT2D eigenvalue weighted by Crippen LogP contribution is 2.24. The molecule has 0 spiro atoms. The lowest BCUT2D eigenvalue weighted by Crippen LogP contribution is -1.99. The number of aliphatic hydroxyl groups is 1. The fraction of sp³-hybridized carbons (Fsp3) is 0.182. The van der Waals surface area contributed by atoms with Gasteiger partial charge >= 0.3 is 0 Å². The third-order valence-electron chi connectivity index (χ3n) is 2.30. The zero-order chi connectivity index (χ0) is 11.7. The molecule has 1 unspecified atom stereocenters. The van der Waals surface area contributed by atoms with Crippen LogP contribution in [0.1, 0.15) is 17.2 Å². The second-order valence-electron chi connectivity index (χ2n) is 3.52. The Kier molecular flexibility index (Phi) is 3.07. The molecule has 1 N–H and O–H groups in total. The quantitative estimate of drug-likeness (QED) is 0.920. The summed E-state index contributed by atoms with van der Waals surface area (Å²) in [6, 6.07) is 4.55. The van der Waals surface area contributed by atoms with Gasteiger partial charge in [0, 0.05) is 18.8 Å². The zero-order valence-electron chi connectivity index (χ0n) is 8.56. The normalized spacial score (nSPS) is 12.8. The van der Waals surface area contributed by atoms with E-state index in [1.54, 1.807) is 36.3 Å². The van der Waals surface area contributed by atoms with Crippen molar-refractivity contribution >= 4 is 15.9 Å². The molecule has 1 heterocycles. The first kappa shape index (κ1) is 11.3. The van der Waals surface area contributed by atoms with Gasteiger partial charge in [-0.2, -0.15) is 5.10 Å². The van der Waals surface area contributed by atoms with Crippen LogP contribution < -0.4 is 0 Å². The van der Waals surface area contributed by atoms with E-state index in [-0.39, 0.29) is 5.82 Å². The SMILES string of the molecule is Cn1cc(C(O)c2ccc(Br)c(F)c2)cn1. The minimum atomic E-state index is -0.851. The molecule has 0 fully saturated rings. The smallest absolute Gasteiger partial charge is 0.137 e. The summed E-state index contributed by atoms with van der Waals surface area (Å²) in [4.78, 5) is 0. The largest absolute Gasteiger partial charge is 0.384 e. The molecular weight excluding hydrogens is 275 g/mol. The molecule has 0 saturated heterocycles. The fourth-order valence-electron chi connectivity index (χ4n) is 1.46. The molecule has 1 atom stereocenters. The molecule has 0 bridgehead atoms. The van der Waals surface area contributed by atoms with Crippen molar-refractivity contribution in [3.05, 3.63) is 52.0 Å². The predicted octanol–water partition coefficient (Wildman–Crippen LogP) is 2.40. The van der Waals surface area contributed by atoms with Gasteiger partial charge in [-0.15, -0.1) is 0 Å². The Labute approximate surface area is 101 Å². The van der Waals surface area contributed by atoms with Gasteiger partial charge in [0.15, 0.2) is 0 Å². The fourth-order valence-corrected chi connectivity index (χ4v) is 1.70. The molecule has 0 radical (unpaired) electrons. The highest BCUT2D eigenvalue weighted by Gasteiger charge is 2.13. The Morgan fingerprint density at radius 3 is 2.75 bits per heavy atom. The minimum absolute atomic E-state index is 0.384. The standard InChI is InChI=1S/C11H10BrFN2O/c1-15-6-8(5-14-15)11(16)7-2-3-9(12)10(13)4-7/h2-6,11,16H,1H3. The first-order chi connectivity index (χ1) is 7.58. The van der Waals surface area contributed by atoms with Gasteiger partial charge in [-0.25, -0.2) is 4.39 Å². The molecule has 2 aromatic rings. The summed E-state index contributed by atoms with van der Waals surface area (Å²) in [5, 5.41) is 13.9. The summed E-state index contributed by atoms with van der Waals surface area (Å²) in [5.41, 5.74) is 1.15. The van der Waals surface area contributed by atoms with E-state index in [4.69, 9.17) is 0 Å². The van der Waals surface area contributed by atoms with Gasteiger partial charge in [-0.1, -0.05) is 6.07 Å². The van der Waals surface area contributed by atoms with Gasteiger partial charge in [0.1, 0.15) is 11.9 Å². The topological polar surface area (TPSA) is 38.0 Å². The van der Waals surface area contributed by atoms with E-state index in [1.165, 1.54) is 6.07 Å². The Morgan fingerprint density at radius 2 is 2.19 bits per heavy atom. The van der Waals surface area contributed by atoms with Crippen molar-refractivity contribution in [3.8, 4) is 0 Å². The summed E-state index contributed by atoms with van der Waals surface area (Å²) in [5.74, 6) is -0.388. The molecule has 0 aliphatic rings. The monoisotopic (exact) mass is 284 g/mol. The molecule has 2 rings (SSSR count). The number of aromatic nitrogens is 2. The maximum Gasteiger partial charge on any atom is 0.137 e. The third-order valence-corrected chi connectivity index (χ3v) is 2.94. The number of hydrogen-bond acceptors (Lipinski definition) is 2. The van der Waals surface area contributed by atoms with Crippen LogP contribution >= 0.6 is 15.9 Å². The first-order valence-corrected chi connectivity index (χ1v) is 5.49. The number of halogens is 2. The summed E-state index contributed by atoms with van der Waals surface area (Å²) in [7, 11) is 1.76. The second-order valence-corrected chi connectivity index (χ2v) is 4.38. The number of nitrogens with zero attached hydrogens (tertiary/aromatic N) is 2. The van der Waals surface area contributed by atoms with Gasteiger partial charge in [0.05, 0.1) is 10.7 Å². The van der Waals surface area contributed by atoms with Crippen molar-refractivity contribution in [2.45, 2.75) is 6.10 Å². The minimum Gasteiger partial charge on any atom is -0.384 e. The van der Waals surface area contributed by atoms with Crippen LogP contribution in [0.5, 0.6) is 0 Å². The van der Waals surface area contributed by atoms with Crippen LogP contribution in [0.2, 0.25) is 0 Å². The van der Waals surface area contributed by atoms with Crippen LogP contribution in [0.4, 0.5) is 4.39 Å². The predicted molar refractivity (Wildman–Crippen MR) is 61.4 cm³/mol. The van der Waals surface area contributed by atoms with Crippen molar-refractivity contribution in [2.75, 3.05) is 0 Å². The third kappa shape index (κ3) is 2.15. The van der Waals surface area contributed by atoms with Gasteiger partial charge < -0.3 is 5.11 Å². The molecule has 84 valence electrons. The summed E-state index contributed by atoms with van der Waals surface area (Å²) in [6.45, 7) is 0. The highest BCUT2D eigenvalue weighted by atomic mass is 79.9. The van der Waals surface area contributed by atoms with E-state index in [0.717, 1.165) is 0 Å². The molecule has 0 saturated carbocycles. The zero-order valence-corrected chi connectivity index (χ0v) is 10.1. The van der Waals surface area contributed by atoms with E-state index in [0.29, 0.717) is 15.6 Å². The Morgan fingerprint density at radius 1 is 1.44 bits per heavy atom. The van der Waals surface area contributed by atoms with Crippen molar-refractivity contribution in [3.63, 3.8) is 0 Å². The molecule has 5 heteroatoms. The summed E-state index contributed by atoms with van der Waals surface area (Å²) >= 11 is 3.07. The van der Waals surface area contributed by atoms with E-state index in [9.17, 15) is 9.50 Å². The highest BCUT2D eigenvalue weighted by molar-refractivity contribution is 9.10. The Balaban J connectivity index is 2.33. The van der Waals surface area contributed by atoms with Crippen LogP contribution in [0.15, 0.2) is 35.1 Å². The average Bonchev–Trinajstić information content (AvgIpc) is 2.68. The number of aliphatic hydroxyl groups excluding tert-OH is 1. The first-order valence-electron chi connectivity index (χ1n) is 4.69. The number of aryl methyl sites for hydroxylation is 1. The number of benzene rings is 1. The van der Waals surface area contributed by atoms with Crippen LogP contribution in [0.3, 0.4) is 0 Å². The molecule has 0 aliphatic heterocycles. The average molecular weight is 285 g/mol. The van der Waals surface area contributed by atoms with Crippen LogP contribution in [0, 0.1) is 5.82 Å².